The molecule has 1 amide bonds. The molecule has 1 aromatic carbocycles. The Labute approximate surface area is 182 Å². The second kappa shape index (κ2) is 9.46. The smallest absolute Gasteiger partial charge is 0.271 e. The molecule has 1 aromatic heterocycles. The van der Waals surface area contributed by atoms with Gasteiger partial charge in [0.15, 0.2) is 0 Å². The number of anilines is 1. The molecule has 0 spiro atoms. The number of azide groups is 1. The number of phenols is 1. The molecule has 12 nitrogen and oxygen atoms in total. The molecule has 0 aliphatic carbocycles. The van der Waals surface area contributed by atoms with E-state index in [1.807, 2.05) is 6.07 Å². The van der Waals surface area contributed by atoms with Crippen molar-refractivity contribution in [3.8, 4) is 17.7 Å². The van der Waals surface area contributed by atoms with Gasteiger partial charge in [0.25, 0.3) is 5.91 Å². The van der Waals surface area contributed by atoms with E-state index in [1.54, 1.807) is 13.8 Å². The van der Waals surface area contributed by atoms with Crippen LogP contribution < -0.4 is 15.5 Å². The van der Waals surface area contributed by atoms with Crippen molar-refractivity contribution in [2.45, 2.75) is 26.4 Å². The molecular formula is C20H19N9O3. The van der Waals surface area contributed by atoms with E-state index in [0.29, 0.717) is 22.4 Å². The summed E-state index contributed by atoms with van der Waals surface area (Å²) in [5, 5.41) is 29.7. The molecule has 2 aromatic rings. The highest BCUT2D eigenvalue weighted by Crippen LogP contribution is 2.46. The minimum Gasteiger partial charge on any atom is -0.507 e. The number of nitrogens with one attached hydrogen (secondary N) is 3. The van der Waals surface area contributed by atoms with Gasteiger partial charge in [-0.1, -0.05) is 10.3 Å². The fraction of sp³-hybridized carbons (Fsp3) is 0.250. The number of rotatable bonds is 7. The molecule has 0 bridgehead atoms. The molecule has 32 heavy (non-hydrogen) atoms. The van der Waals surface area contributed by atoms with Crippen molar-refractivity contribution in [2.75, 3.05) is 11.9 Å². The summed E-state index contributed by atoms with van der Waals surface area (Å²) in [5.74, 6) is -0.694. The highest BCUT2D eigenvalue weighted by atomic mass is 16.5. The number of fused-ring (bicyclic) bond motifs is 1. The minimum absolute atomic E-state index is 0.00578. The maximum Gasteiger partial charge on any atom is 0.271 e. The van der Waals surface area contributed by atoms with Crippen LogP contribution in [0.1, 0.15) is 36.1 Å². The zero-order valence-corrected chi connectivity index (χ0v) is 17.2. The third-order valence-corrected chi connectivity index (χ3v) is 4.82. The van der Waals surface area contributed by atoms with E-state index >= 15 is 0 Å². The Bertz CT molecular complexity index is 1210. The number of carbonyl (C=O) groups is 1. The van der Waals surface area contributed by atoms with E-state index in [0.717, 1.165) is 0 Å². The number of carbonyl (C=O) groups excluding carboxylic acids is 1. The van der Waals surface area contributed by atoms with Crippen LogP contribution in [0.25, 0.3) is 16.0 Å². The topological polar surface area (TPSA) is 192 Å². The normalized spacial score (nSPS) is 14.3. The van der Waals surface area contributed by atoms with Crippen LogP contribution in [0.2, 0.25) is 0 Å². The highest BCUT2D eigenvalue weighted by molar-refractivity contribution is 6.10. The van der Waals surface area contributed by atoms with E-state index in [4.69, 9.17) is 21.1 Å². The molecule has 1 aliphatic heterocycles. The molecular weight excluding hydrogens is 414 g/mol. The third-order valence-electron chi connectivity index (χ3n) is 4.82. The van der Waals surface area contributed by atoms with Crippen LogP contribution in [0.5, 0.6) is 11.6 Å². The second-order valence-corrected chi connectivity index (χ2v) is 6.71. The zero-order chi connectivity index (χ0) is 23.3. The highest BCUT2D eigenvalue weighted by Gasteiger charge is 2.35. The summed E-state index contributed by atoms with van der Waals surface area (Å²) >= 11 is 0. The summed E-state index contributed by atoms with van der Waals surface area (Å²) in [7, 11) is 0. The summed E-state index contributed by atoms with van der Waals surface area (Å²) in [6, 6.07) is 5.68. The molecule has 4 N–H and O–H groups in total. The van der Waals surface area contributed by atoms with Crippen LogP contribution in [0, 0.1) is 16.9 Å². The molecule has 0 radical (unpaired) electrons. The molecule has 162 valence electrons. The van der Waals surface area contributed by atoms with Crippen molar-refractivity contribution in [3.05, 3.63) is 62.7 Å². The van der Waals surface area contributed by atoms with Gasteiger partial charge in [-0.3, -0.25) is 4.79 Å². The number of nitrogens with zero attached hydrogens (tertiary/aromatic N) is 6. The van der Waals surface area contributed by atoms with Gasteiger partial charge in [0.05, 0.1) is 42.1 Å². The van der Waals surface area contributed by atoms with E-state index in [1.165, 1.54) is 24.4 Å². The van der Waals surface area contributed by atoms with Crippen molar-refractivity contribution in [1.82, 2.24) is 10.4 Å². The summed E-state index contributed by atoms with van der Waals surface area (Å²) in [4.78, 5) is 20.0. The number of phenolic OH excluding ortho intramolecular Hbond substituents is 1. The quantitative estimate of drug-likeness (QED) is 0.223. The molecule has 1 atom stereocenters. The van der Waals surface area contributed by atoms with Crippen molar-refractivity contribution in [1.29, 1.82) is 10.8 Å². The first-order valence-corrected chi connectivity index (χ1v) is 9.53. The van der Waals surface area contributed by atoms with Gasteiger partial charge in [0.1, 0.15) is 5.75 Å². The maximum atomic E-state index is 12.9. The number of pyridine rings is 1. The molecule has 0 saturated carbocycles. The van der Waals surface area contributed by atoms with Gasteiger partial charge in [0.2, 0.25) is 5.88 Å². The largest absolute Gasteiger partial charge is 0.507 e. The maximum absolute atomic E-state index is 12.9. The van der Waals surface area contributed by atoms with E-state index in [2.05, 4.69) is 31.0 Å². The first-order chi connectivity index (χ1) is 15.5. The van der Waals surface area contributed by atoms with Crippen LogP contribution in [-0.4, -0.2) is 28.6 Å². The Kier molecular flexibility index (Phi) is 6.53. The van der Waals surface area contributed by atoms with Gasteiger partial charge in [-0.25, -0.2) is 10.4 Å². The van der Waals surface area contributed by atoms with Crippen molar-refractivity contribution in [3.63, 3.8) is 0 Å². The molecule has 1 aliphatic rings. The fourth-order valence-corrected chi connectivity index (χ4v) is 3.56. The fourth-order valence-electron chi connectivity index (χ4n) is 3.56. The SMILES string of the molecule is CCOc1ncc(CN=[N+]=[N-])c2c1C(c1ccc(C#N)cc1O)=C(C(=O)NN=N)C(C)N2. The van der Waals surface area contributed by atoms with E-state index in [-0.39, 0.29) is 41.5 Å². The first kappa shape index (κ1) is 22.1. The number of aromatic nitrogens is 1. The lowest BCUT2D eigenvalue weighted by molar-refractivity contribution is -0.117. The average Bonchev–Trinajstić information content (AvgIpc) is 2.78. The van der Waals surface area contributed by atoms with Crippen LogP contribution in [0.4, 0.5) is 5.69 Å². The van der Waals surface area contributed by atoms with Crippen molar-refractivity contribution >= 4 is 17.2 Å². The molecule has 0 fully saturated rings. The zero-order valence-electron chi connectivity index (χ0n) is 17.2. The van der Waals surface area contributed by atoms with Gasteiger partial charge in [-0.05, 0) is 37.6 Å². The van der Waals surface area contributed by atoms with Crippen molar-refractivity contribution < 1.29 is 14.6 Å². The monoisotopic (exact) mass is 433 g/mol. The predicted octanol–water partition coefficient (Wildman–Crippen LogP) is 3.55. The van der Waals surface area contributed by atoms with Gasteiger partial charge in [0, 0.05) is 33.4 Å². The lowest BCUT2D eigenvalue weighted by atomic mass is 9.84. The number of hydrogen-bond donors (Lipinski definition) is 4. The standard InChI is InChI=1S/C20H19N9O3/c1-3-32-20-17-16(13-5-4-11(7-21)6-14(13)30)15(19(31)27-29-23)10(2)26-18(17)12(8-24-20)9-25-28-22/h4-6,8,10,26,30H,3,9H2,1-2H3,(H2,23,27,31). The van der Waals surface area contributed by atoms with Crippen molar-refractivity contribution in [2.24, 2.45) is 10.3 Å². The Hall–Kier alpha value is -4.62. The number of aromatic hydroxyl groups is 1. The molecule has 2 heterocycles. The Balaban J connectivity index is 2.43. The average molecular weight is 433 g/mol. The summed E-state index contributed by atoms with van der Waals surface area (Å²) < 4.78 is 5.71. The third kappa shape index (κ3) is 4.00. The summed E-state index contributed by atoms with van der Waals surface area (Å²) in [5.41, 5.74) is 20.3. The number of amides is 1. The number of benzene rings is 1. The van der Waals surface area contributed by atoms with E-state index < -0.39 is 11.9 Å². The molecule has 1 unspecified atom stereocenters. The Morgan fingerprint density at radius 2 is 2.31 bits per heavy atom. The predicted molar refractivity (Wildman–Crippen MR) is 113 cm³/mol. The summed E-state index contributed by atoms with van der Waals surface area (Å²) in [6.07, 6.45) is 1.51. The lowest BCUT2D eigenvalue weighted by Crippen LogP contribution is -2.34. The van der Waals surface area contributed by atoms with Gasteiger partial charge in [-0.15, -0.1) is 0 Å². The minimum atomic E-state index is -0.660. The van der Waals surface area contributed by atoms with Gasteiger partial charge >= 0.3 is 0 Å². The van der Waals surface area contributed by atoms with Crippen LogP contribution in [-0.2, 0) is 11.3 Å². The summed E-state index contributed by atoms with van der Waals surface area (Å²) in [6.45, 7) is 3.77. The van der Waals surface area contributed by atoms with Crippen LogP contribution >= 0.6 is 0 Å². The Morgan fingerprint density at radius 3 is 2.94 bits per heavy atom. The Morgan fingerprint density at radius 1 is 1.53 bits per heavy atom. The first-order valence-electron chi connectivity index (χ1n) is 9.53. The lowest BCUT2D eigenvalue weighted by Gasteiger charge is -2.31. The molecule has 3 rings (SSSR count). The number of ether oxygens (including phenoxy) is 1. The van der Waals surface area contributed by atoms with Crippen LogP contribution in [0.3, 0.4) is 0 Å². The second-order valence-electron chi connectivity index (χ2n) is 6.71. The molecule has 12 heteroatoms. The number of hydrogen-bond acceptors (Lipinski definition) is 9. The number of nitriles is 1. The van der Waals surface area contributed by atoms with Crippen LogP contribution in [0.15, 0.2) is 40.3 Å². The van der Waals surface area contributed by atoms with E-state index in [9.17, 15) is 9.90 Å². The van der Waals surface area contributed by atoms with Gasteiger partial charge in [-0.2, -0.15) is 10.8 Å². The van der Waals surface area contributed by atoms with Gasteiger partial charge < -0.3 is 15.2 Å². The molecule has 0 saturated heterocycles.